The Kier molecular flexibility index (Phi) is 13.0. The van der Waals surface area contributed by atoms with Gasteiger partial charge in [-0.25, -0.2) is 0 Å². The highest BCUT2D eigenvalue weighted by Crippen LogP contribution is 2.16. The molecule has 2 aromatic rings. The fraction of sp³-hybridized carbons (Fsp3) is 0.444. The van der Waals surface area contributed by atoms with Crippen LogP contribution in [-0.2, 0) is 0 Å². The van der Waals surface area contributed by atoms with Crippen LogP contribution >= 0.6 is 47.5 Å². The number of halogens is 2. The van der Waals surface area contributed by atoms with Crippen molar-refractivity contribution in [3.8, 4) is 0 Å². The van der Waals surface area contributed by atoms with Crippen LogP contribution in [0.3, 0.4) is 0 Å². The molecule has 0 N–H and O–H groups in total. The van der Waals surface area contributed by atoms with E-state index >= 15 is 0 Å². The average molecular weight is 435 g/mol. The molecule has 4 nitrogen and oxygen atoms in total. The molecule has 0 radical (unpaired) electrons. The van der Waals surface area contributed by atoms with Gasteiger partial charge < -0.3 is 9.80 Å². The highest BCUT2D eigenvalue weighted by molar-refractivity contribution is 7.12. The molecule has 146 valence electrons. The lowest BCUT2D eigenvalue weighted by atomic mass is 10.2. The van der Waals surface area contributed by atoms with Crippen LogP contribution in [0.2, 0.25) is 0 Å². The lowest BCUT2D eigenvalue weighted by molar-refractivity contribution is 0.421. The van der Waals surface area contributed by atoms with Crippen molar-refractivity contribution in [1.29, 1.82) is 0 Å². The molecule has 0 aliphatic carbocycles. The first-order valence-electron chi connectivity index (χ1n) is 8.07. The molecule has 26 heavy (non-hydrogen) atoms. The zero-order valence-corrected chi connectivity index (χ0v) is 19.0. The molecular weight excluding hydrogens is 407 g/mol. The maximum Gasteiger partial charge on any atom is 0.0815 e. The van der Waals surface area contributed by atoms with E-state index in [-0.39, 0.29) is 24.8 Å². The first-order valence-corrected chi connectivity index (χ1v) is 9.83. The van der Waals surface area contributed by atoms with Crippen LogP contribution in [0.4, 0.5) is 0 Å². The van der Waals surface area contributed by atoms with Gasteiger partial charge in [0.2, 0.25) is 0 Å². The SMILES string of the molecule is CN(C)CC/C(=N/N=C(\CCN(C)C)c1cccs1)c1cccs1.Cl.Cl. The van der Waals surface area contributed by atoms with Crippen LogP contribution in [0, 0.1) is 0 Å². The van der Waals surface area contributed by atoms with E-state index in [1.807, 2.05) is 0 Å². The van der Waals surface area contributed by atoms with Gasteiger partial charge in [0.15, 0.2) is 0 Å². The van der Waals surface area contributed by atoms with E-state index in [0.29, 0.717) is 0 Å². The van der Waals surface area contributed by atoms with Crippen LogP contribution < -0.4 is 0 Å². The van der Waals surface area contributed by atoms with Crippen molar-refractivity contribution in [3.05, 3.63) is 44.8 Å². The fourth-order valence-corrected chi connectivity index (χ4v) is 3.59. The van der Waals surface area contributed by atoms with E-state index in [9.17, 15) is 0 Å². The van der Waals surface area contributed by atoms with Crippen molar-refractivity contribution in [2.45, 2.75) is 12.8 Å². The van der Waals surface area contributed by atoms with Gasteiger partial charge in [-0.1, -0.05) is 12.1 Å². The predicted molar refractivity (Wildman–Crippen MR) is 123 cm³/mol. The van der Waals surface area contributed by atoms with Gasteiger partial charge >= 0.3 is 0 Å². The molecule has 2 aromatic heterocycles. The summed E-state index contributed by atoms with van der Waals surface area (Å²) in [4.78, 5) is 6.77. The molecule has 0 saturated heterocycles. The largest absolute Gasteiger partial charge is 0.309 e. The topological polar surface area (TPSA) is 31.2 Å². The molecule has 0 spiro atoms. The summed E-state index contributed by atoms with van der Waals surface area (Å²) in [5.41, 5.74) is 2.13. The maximum absolute atomic E-state index is 4.65. The van der Waals surface area contributed by atoms with Crippen molar-refractivity contribution in [3.63, 3.8) is 0 Å². The summed E-state index contributed by atoms with van der Waals surface area (Å²) in [5.74, 6) is 0. The fourth-order valence-electron chi connectivity index (χ4n) is 2.11. The zero-order valence-electron chi connectivity index (χ0n) is 15.7. The molecule has 0 amide bonds. The smallest absolute Gasteiger partial charge is 0.0815 e. The van der Waals surface area contributed by atoms with Crippen molar-refractivity contribution in [2.75, 3.05) is 41.3 Å². The Labute approximate surface area is 177 Å². The Morgan fingerprint density at radius 1 is 0.769 bits per heavy atom. The van der Waals surface area contributed by atoms with Gasteiger partial charge in [0.1, 0.15) is 0 Å². The lowest BCUT2D eigenvalue weighted by Crippen LogP contribution is -2.17. The highest BCUT2D eigenvalue weighted by Gasteiger charge is 2.09. The third-order valence-corrected chi connectivity index (χ3v) is 5.33. The maximum atomic E-state index is 4.65. The number of hydrogen-bond donors (Lipinski definition) is 0. The van der Waals surface area contributed by atoms with Crippen molar-refractivity contribution in [1.82, 2.24) is 9.80 Å². The van der Waals surface area contributed by atoms with Gasteiger partial charge in [-0.15, -0.1) is 47.5 Å². The normalized spacial score (nSPS) is 12.2. The molecule has 2 rings (SSSR count). The Morgan fingerprint density at radius 2 is 1.15 bits per heavy atom. The molecule has 0 unspecified atom stereocenters. The average Bonchev–Trinajstić information content (AvgIpc) is 3.22. The van der Waals surface area contributed by atoms with E-state index < -0.39 is 0 Å². The van der Waals surface area contributed by atoms with Crippen LogP contribution in [0.1, 0.15) is 22.6 Å². The quantitative estimate of drug-likeness (QED) is 0.421. The Bertz CT molecular complexity index is 593. The Hall–Kier alpha value is -0.760. The van der Waals surface area contributed by atoms with Crippen molar-refractivity contribution >= 4 is 58.9 Å². The molecular formula is C18H28Cl2N4S2. The molecule has 0 bridgehead atoms. The summed E-state index contributed by atoms with van der Waals surface area (Å²) in [6.07, 6.45) is 1.81. The lowest BCUT2D eigenvalue weighted by Gasteiger charge is -2.11. The summed E-state index contributed by atoms with van der Waals surface area (Å²) in [6, 6.07) is 8.39. The van der Waals surface area contributed by atoms with Gasteiger partial charge in [0, 0.05) is 25.9 Å². The van der Waals surface area contributed by atoms with Crippen LogP contribution in [0.15, 0.2) is 45.2 Å². The second kappa shape index (κ2) is 13.4. The molecule has 0 fully saturated rings. The third-order valence-electron chi connectivity index (χ3n) is 3.49. The van der Waals surface area contributed by atoms with E-state index in [2.05, 4.69) is 83.2 Å². The van der Waals surface area contributed by atoms with Gasteiger partial charge in [-0.05, 0) is 51.1 Å². The number of rotatable bonds is 9. The number of nitrogens with zero attached hydrogens (tertiary/aromatic N) is 4. The first kappa shape index (κ1) is 25.2. The second-order valence-corrected chi connectivity index (χ2v) is 8.05. The molecule has 0 aliphatic heterocycles. The Morgan fingerprint density at radius 3 is 1.42 bits per heavy atom. The molecule has 0 aliphatic rings. The number of thiophene rings is 2. The predicted octanol–water partition coefficient (Wildman–Crippen LogP) is 4.75. The van der Waals surface area contributed by atoms with Gasteiger partial charge in [-0.3, -0.25) is 0 Å². The van der Waals surface area contributed by atoms with Crippen molar-refractivity contribution < 1.29 is 0 Å². The standard InChI is InChI=1S/C18H26N4S2.2ClH/c1-21(2)11-9-15(17-7-5-13-23-17)19-20-16(10-12-22(3)4)18-8-6-14-24-18;;/h5-8,13-14H,9-12H2,1-4H3;2*1H/b19-15-,20-16+;;. The van der Waals surface area contributed by atoms with Crippen LogP contribution in [0.25, 0.3) is 0 Å². The van der Waals surface area contributed by atoms with Crippen LogP contribution in [0.5, 0.6) is 0 Å². The third kappa shape index (κ3) is 8.75. The number of hydrogen-bond acceptors (Lipinski definition) is 6. The van der Waals surface area contributed by atoms with E-state index in [1.54, 1.807) is 22.7 Å². The summed E-state index contributed by atoms with van der Waals surface area (Å²) in [5, 5.41) is 13.5. The minimum atomic E-state index is 0. The summed E-state index contributed by atoms with van der Waals surface area (Å²) in [6.45, 7) is 1.94. The Balaban J connectivity index is 0.00000312. The molecule has 8 heteroatoms. The molecule has 0 aromatic carbocycles. The van der Waals surface area contributed by atoms with Crippen LogP contribution in [-0.4, -0.2) is 62.5 Å². The molecule has 0 atom stereocenters. The monoisotopic (exact) mass is 434 g/mol. The van der Waals surface area contributed by atoms with Gasteiger partial charge in [0.25, 0.3) is 0 Å². The van der Waals surface area contributed by atoms with E-state index in [0.717, 1.165) is 37.4 Å². The minimum Gasteiger partial charge on any atom is -0.309 e. The minimum absolute atomic E-state index is 0. The van der Waals surface area contributed by atoms with Gasteiger partial charge in [0.05, 0.1) is 21.2 Å². The van der Waals surface area contributed by atoms with E-state index in [4.69, 9.17) is 0 Å². The second-order valence-electron chi connectivity index (χ2n) is 6.15. The molecule has 0 saturated carbocycles. The molecule has 2 heterocycles. The summed E-state index contributed by atoms with van der Waals surface area (Å²) < 4.78 is 0. The first-order chi connectivity index (χ1) is 11.6. The highest BCUT2D eigenvalue weighted by atomic mass is 35.5. The van der Waals surface area contributed by atoms with E-state index in [1.165, 1.54) is 9.75 Å². The summed E-state index contributed by atoms with van der Waals surface area (Å²) in [7, 11) is 8.35. The summed E-state index contributed by atoms with van der Waals surface area (Å²) >= 11 is 3.45. The van der Waals surface area contributed by atoms with Gasteiger partial charge in [-0.2, -0.15) is 10.2 Å². The zero-order chi connectivity index (χ0) is 17.4. The van der Waals surface area contributed by atoms with Crippen molar-refractivity contribution in [2.24, 2.45) is 10.2 Å².